The molecule has 0 aliphatic carbocycles. The second-order valence-corrected chi connectivity index (χ2v) is 6.16. The highest BCUT2D eigenvalue weighted by molar-refractivity contribution is 14.0. The molecule has 0 amide bonds. The van der Waals surface area contributed by atoms with Gasteiger partial charge in [0.25, 0.3) is 0 Å². The largest absolute Gasteiger partial charge is 0.376 e. The van der Waals surface area contributed by atoms with Crippen molar-refractivity contribution in [3.8, 4) is 0 Å². The van der Waals surface area contributed by atoms with Crippen LogP contribution in [0, 0.1) is 0 Å². The predicted molar refractivity (Wildman–Crippen MR) is 103 cm³/mol. The molecule has 2 rings (SSSR count). The lowest BCUT2D eigenvalue weighted by atomic mass is 10.0. The number of ether oxygens (including phenoxy) is 1. The molecule has 22 heavy (non-hydrogen) atoms. The van der Waals surface area contributed by atoms with E-state index in [1.807, 2.05) is 0 Å². The highest BCUT2D eigenvalue weighted by Gasteiger charge is 2.17. The van der Waals surface area contributed by atoms with Gasteiger partial charge in [-0.3, -0.25) is 9.89 Å². The molecule has 2 saturated heterocycles. The summed E-state index contributed by atoms with van der Waals surface area (Å²) < 4.78 is 5.62. The number of hydrogen-bond acceptors (Lipinski definition) is 3. The molecule has 0 aromatic heterocycles. The topological polar surface area (TPSA) is 48.9 Å². The van der Waals surface area contributed by atoms with Gasteiger partial charge >= 0.3 is 0 Å². The first-order valence-electron chi connectivity index (χ1n) is 8.67. The summed E-state index contributed by atoms with van der Waals surface area (Å²) in [5, 5.41) is 6.77. The molecule has 2 N–H and O–H groups in total. The summed E-state index contributed by atoms with van der Waals surface area (Å²) in [6.07, 6.45) is 6.72. The lowest BCUT2D eigenvalue weighted by Gasteiger charge is -2.33. The average Bonchev–Trinajstić information content (AvgIpc) is 3.00. The summed E-state index contributed by atoms with van der Waals surface area (Å²) in [6, 6.07) is 0.729. The summed E-state index contributed by atoms with van der Waals surface area (Å²) in [7, 11) is 0. The van der Waals surface area contributed by atoms with Gasteiger partial charge in [0.15, 0.2) is 5.96 Å². The number of guanidine groups is 1. The van der Waals surface area contributed by atoms with E-state index >= 15 is 0 Å². The predicted octanol–water partition coefficient (Wildman–Crippen LogP) is 2.21. The van der Waals surface area contributed by atoms with E-state index in [4.69, 9.17) is 4.74 Å². The first kappa shape index (κ1) is 20.0. The molecular weight excluding hydrogens is 391 g/mol. The third-order valence-electron chi connectivity index (χ3n) is 4.45. The molecule has 2 unspecified atom stereocenters. The summed E-state index contributed by atoms with van der Waals surface area (Å²) in [5.41, 5.74) is 0. The van der Waals surface area contributed by atoms with Gasteiger partial charge in [-0.2, -0.15) is 0 Å². The van der Waals surface area contributed by atoms with E-state index in [0.717, 1.165) is 51.2 Å². The second-order valence-electron chi connectivity index (χ2n) is 6.16. The summed E-state index contributed by atoms with van der Waals surface area (Å²) in [5.74, 6) is 0.928. The van der Waals surface area contributed by atoms with Gasteiger partial charge in [0, 0.05) is 32.3 Å². The van der Waals surface area contributed by atoms with E-state index in [1.54, 1.807) is 0 Å². The fourth-order valence-corrected chi connectivity index (χ4v) is 3.13. The van der Waals surface area contributed by atoms with E-state index in [-0.39, 0.29) is 24.0 Å². The minimum absolute atomic E-state index is 0. The van der Waals surface area contributed by atoms with Gasteiger partial charge in [-0.15, -0.1) is 24.0 Å². The lowest BCUT2D eigenvalue weighted by molar-refractivity contribution is 0.117. The van der Waals surface area contributed by atoms with E-state index in [9.17, 15) is 0 Å². The van der Waals surface area contributed by atoms with Crippen LogP contribution < -0.4 is 10.6 Å². The zero-order valence-corrected chi connectivity index (χ0v) is 16.5. The monoisotopic (exact) mass is 424 g/mol. The number of halogens is 1. The van der Waals surface area contributed by atoms with E-state index in [2.05, 4.69) is 34.4 Å². The van der Waals surface area contributed by atoms with Crippen molar-refractivity contribution in [1.82, 2.24) is 15.5 Å². The van der Waals surface area contributed by atoms with Crippen LogP contribution in [0.4, 0.5) is 0 Å². The van der Waals surface area contributed by atoms with Gasteiger partial charge < -0.3 is 15.4 Å². The normalized spacial score (nSPS) is 26.5. The molecule has 2 aliphatic heterocycles. The standard InChI is InChI=1S/C16H32N4O.HI/c1-3-17-16(19-13-15-8-6-12-21-15)18-9-11-20-10-5-4-7-14(20)2;/h14-15H,3-13H2,1-2H3,(H2,17,18,19);1H. The maximum Gasteiger partial charge on any atom is 0.191 e. The van der Waals surface area contributed by atoms with Crippen LogP contribution in [0.15, 0.2) is 4.99 Å². The number of nitrogens with one attached hydrogen (secondary N) is 2. The molecule has 130 valence electrons. The van der Waals surface area contributed by atoms with Crippen LogP contribution >= 0.6 is 24.0 Å². The van der Waals surface area contributed by atoms with E-state index in [0.29, 0.717) is 6.10 Å². The van der Waals surface area contributed by atoms with Crippen molar-refractivity contribution in [2.75, 3.05) is 39.3 Å². The Morgan fingerprint density at radius 1 is 1.23 bits per heavy atom. The average molecular weight is 424 g/mol. The van der Waals surface area contributed by atoms with Crippen molar-refractivity contribution >= 4 is 29.9 Å². The van der Waals surface area contributed by atoms with Crippen molar-refractivity contribution in [2.45, 2.75) is 58.1 Å². The van der Waals surface area contributed by atoms with Gasteiger partial charge in [0.2, 0.25) is 0 Å². The molecule has 0 aromatic carbocycles. The third kappa shape index (κ3) is 7.00. The molecular formula is C16H33IN4O. The van der Waals surface area contributed by atoms with Crippen molar-refractivity contribution < 1.29 is 4.74 Å². The number of likely N-dealkylation sites (tertiary alicyclic amines) is 1. The number of piperidine rings is 1. The Bertz CT molecular complexity index is 321. The van der Waals surface area contributed by atoms with Crippen LogP contribution in [0.5, 0.6) is 0 Å². The molecule has 5 nitrogen and oxygen atoms in total. The van der Waals surface area contributed by atoms with Crippen LogP contribution in [0.2, 0.25) is 0 Å². The Morgan fingerprint density at radius 2 is 2.09 bits per heavy atom. The van der Waals surface area contributed by atoms with Crippen LogP contribution in [-0.4, -0.2) is 62.3 Å². The van der Waals surface area contributed by atoms with Crippen molar-refractivity contribution in [1.29, 1.82) is 0 Å². The minimum atomic E-state index is 0. The van der Waals surface area contributed by atoms with Crippen LogP contribution in [0.3, 0.4) is 0 Å². The first-order chi connectivity index (χ1) is 10.3. The molecule has 0 spiro atoms. The molecule has 0 radical (unpaired) electrons. The third-order valence-corrected chi connectivity index (χ3v) is 4.45. The molecule has 2 atom stereocenters. The van der Waals surface area contributed by atoms with Gasteiger partial charge in [0.05, 0.1) is 12.6 Å². The maximum absolute atomic E-state index is 5.62. The summed E-state index contributed by atoms with van der Waals surface area (Å²) >= 11 is 0. The fourth-order valence-electron chi connectivity index (χ4n) is 3.13. The molecule has 0 bridgehead atoms. The minimum Gasteiger partial charge on any atom is -0.376 e. The van der Waals surface area contributed by atoms with E-state index in [1.165, 1.54) is 32.2 Å². The zero-order chi connectivity index (χ0) is 14.9. The van der Waals surface area contributed by atoms with Gasteiger partial charge in [-0.25, -0.2) is 0 Å². The highest BCUT2D eigenvalue weighted by Crippen LogP contribution is 2.15. The summed E-state index contributed by atoms with van der Waals surface area (Å²) in [4.78, 5) is 7.23. The van der Waals surface area contributed by atoms with E-state index < -0.39 is 0 Å². The van der Waals surface area contributed by atoms with Crippen LogP contribution in [0.25, 0.3) is 0 Å². The number of nitrogens with zero attached hydrogens (tertiary/aromatic N) is 2. The van der Waals surface area contributed by atoms with Crippen LogP contribution in [-0.2, 0) is 4.74 Å². The Kier molecular flexibility index (Phi) is 10.4. The molecule has 0 aromatic rings. The van der Waals surface area contributed by atoms with Gasteiger partial charge in [0.1, 0.15) is 0 Å². The SMILES string of the molecule is CCNC(=NCC1CCCO1)NCCN1CCCCC1C.I. The summed E-state index contributed by atoms with van der Waals surface area (Å²) in [6.45, 7) is 10.3. The molecule has 2 aliphatic rings. The highest BCUT2D eigenvalue weighted by atomic mass is 127. The van der Waals surface area contributed by atoms with Crippen LogP contribution in [0.1, 0.15) is 46.0 Å². The lowest BCUT2D eigenvalue weighted by Crippen LogP contribution is -2.45. The fraction of sp³-hybridized carbons (Fsp3) is 0.938. The van der Waals surface area contributed by atoms with Crippen molar-refractivity contribution in [3.05, 3.63) is 0 Å². The molecule has 2 heterocycles. The first-order valence-corrected chi connectivity index (χ1v) is 8.67. The smallest absolute Gasteiger partial charge is 0.191 e. The maximum atomic E-state index is 5.62. The number of hydrogen-bond donors (Lipinski definition) is 2. The Hall–Kier alpha value is -0.0800. The Labute approximate surface area is 152 Å². The quantitative estimate of drug-likeness (QED) is 0.390. The van der Waals surface area contributed by atoms with Crippen molar-refractivity contribution in [2.24, 2.45) is 4.99 Å². The second kappa shape index (κ2) is 11.5. The Morgan fingerprint density at radius 3 is 2.77 bits per heavy atom. The molecule has 6 heteroatoms. The molecule has 2 fully saturated rings. The van der Waals surface area contributed by atoms with Gasteiger partial charge in [-0.05, 0) is 46.1 Å². The number of aliphatic imine (C=N–C) groups is 1. The van der Waals surface area contributed by atoms with Crippen molar-refractivity contribution in [3.63, 3.8) is 0 Å². The molecule has 0 saturated carbocycles. The van der Waals surface area contributed by atoms with Gasteiger partial charge in [-0.1, -0.05) is 6.42 Å². The zero-order valence-electron chi connectivity index (χ0n) is 14.1. The number of rotatable bonds is 6. The Balaban J connectivity index is 0.00000242.